The highest BCUT2D eigenvalue weighted by Crippen LogP contribution is 2.31. The second-order valence-corrected chi connectivity index (χ2v) is 4.61. The van der Waals surface area contributed by atoms with Crippen molar-refractivity contribution in [2.24, 2.45) is 5.73 Å². The van der Waals surface area contributed by atoms with Crippen molar-refractivity contribution in [3.63, 3.8) is 0 Å². The van der Waals surface area contributed by atoms with E-state index in [-0.39, 0.29) is 11.6 Å². The number of aliphatic hydroxyl groups is 1. The molecule has 3 N–H and O–H groups in total. The molecule has 1 aromatic heterocycles. The fourth-order valence-corrected chi connectivity index (χ4v) is 1.96. The van der Waals surface area contributed by atoms with Crippen molar-refractivity contribution in [3.05, 3.63) is 46.9 Å². The van der Waals surface area contributed by atoms with Crippen LogP contribution in [0.1, 0.15) is 11.7 Å². The van der Waals surface area contributed by atoms with E-state index in [1.165, 1.54) is 19.2 Å². The van der Waals surface area contributed by atoms with E-state index in [2.05, 4.69) is 4.98 Å². The fourth-order valence-electron chi connectivity index (χ4n) is 1.78. The van der Waals surface area contributed by atoms with Crippen LogP contribution in [0.15, 0.2) is 30.3 Å². The number of hydrogen-bond acceptors (Lipinski definition) is 4. The van der Waals surface area contributed by atoms with Gasteiger partial charge in [0.25, 0.3) is 0 Å². The van der Waals surface area contributed by atoms with Crippen molar-refractivity contribution in [3.8, 4) is 17.0 Å². The van der Waals surface area contributed by atoms with Crippen LogP contribution in [0.4, 0.5) is 4.39 Å². The van der Waals surface area contributed by atoms with Gasteiger partial charge in [0.2, 0.25) is 0 Å². The van der Waals surface area contributed by atoms with Gasteiger partial charge in [0.15, 0.2) is 0 Å². The zero-order valence-corrected chi connectivity index (χ0v) is 11.6. The molecule has 0 fully saturated rings. The molecule has 1 aromatic carbocycles. The van der Waals surface area contributed by atoms with Crippen LogP contribution in [-0.2, 0) is 0 Å². The van der Waals surface area contributed by atoms with E-state index in [0.29, 0.717) is 22.7 Å². The van der Waals surface area contributed by atoms with Gasteiger partial charge in [-0.2, -0.15) is 0 Å². The third kappa shape index (κ3) is 2.90. The zero-order valence-electron chi connectivity index (χ0n) is 10.8. The number of hydrogen-bond donors (Lipinski definition) is 2. The highest BCUT2D eigenvalue weighted by atomic mass is 35.5. The summed E-state index contributed by atoms with van der Waals surface area (Å²) in [6.45, 7) is -0.219. The summed E-state index contributed by atoms with van der Waals surface area (Å²) in [6.07, 6.45) is 0. The Kier molecular flexibility index (Phi) is 4.54. The molecular formula is C14H14ClFN2O2. The third-order valence-electron chi connectivity index (χ3n) is 2.87. The molecule has 0 saturated heterocycles. The van der Waals surface area contributed by atoms with Crippen LogP contribution in [0.2, 0.25) is 5.02 Å². The number of rotatable bonds is 4. The Bertz CT molecular complexity index is 622. The number of nitrogens with two attached hydrogens (primary N) is 1. The topological polar surface area (TPSA) is 68.4 Å². The van der Waals surface area contributed by atoms with Gasteiger partial charge in [-0.3, -0.25) is 0 Å². The summed E-state index contributed by atoms with van der Waals surface area (Å²) in [5.74, 6) is 0.0131. The maximum absolute atomic E-state index is 13.2. The monoisotopic (exact) mass is 296 g/mol. The average molecular weight is 297 g/mol. The van der Waals surface area contributed by atoms with Crippen LogP contribution in [0.25, 0.3) is 11.3 Å². The quantitative estimate of drug-likeness (QED) is 0.910. The van der Waals surface area contributed by atoms with Crippen molar-refractivity contribution in [2.75, 3.05) is 13.7 Å². The van der Waals surface area contributed by atoms with Gasteiger partial charge in [-0.15, -0.1) is 0 Å². The number of ether oxygens (including phenoxy) is 1. The lowest BCUT2D eigenvalue weighted by Gasteiger charge is -2.13. The Balaban J connectivity index is 2.54. The van der Waals surface area contributed by atoms with E-state index in [9.17, 15) is 4.39 Å². The Morgan fingerprint density at radius 1 is 1.40 bits per heavy atom. The number of aromatic nitrogens is 1. The van der Waals surface area contributed by atoms with E-state index in [0.717, 1.165) is 0 Å². The molecule has 2 rings (SSSR count). The molecule has 1 unspecified atom stereocenters. The van der Waals surface area contributed by atoms with Gasteiger partial charge in [-0.05, 0) is 30.3 Å². The number of nitrogens with zero attached hydrogens (tertiary/aromatic N) is 1. The lowest BCUT2D eigenvalue weighted by molar-refractivity contribution is 0.266. The Morgan fingerprint density at radius 2 is 2.15 bits per heavy atom. The maximum atomic E-state index is 13.2. The number of pyridine rings is 1. The number of aliphatic hydroxyl groups excluding tert-OH is 1. The molecule has 0 aliphatic heterocycles. The molecule has 0 saturated carbocycles. The lowest BCUT2D eigenvalue weighted by atomic mass is 10.1. The van der Waals surface area contributed by atoms with Gasteiger partial charge in [0.05, 0.1) is 30.5 Å². The van der Waals surface area contributed by atoms with Gasteiger partial charge in [-0.25, -0.2) is 9.37 Å². The summed E-state index contributed by atoms with van der Waals surface area (Å²) in [5.41, 5.74) is 7.37. The first-order valence-electron chi connectivity index (χ1n) is 5.93. The summed E-state index contributed by atoms with van der Waals surface area (Å²) < 4.78 is 18.5. The van der Waals surface area contributed by atoms with Crippen LogP contribution >= 0.6 is 11.6 Å². The maximum Gasteiger partial charge on any atom is 0.145 e. The standard InChI is InChI=1S/C14H14ClFN2O2/c1-20-13-5-4-12(11(17)7-19)18-14(13)8-2-3-10(16)9(15)6-8/h2-6,11,19H,7,17H2,1H3. The summed E-state index contributed by atoms with van der Waals surface area (Å²) in [7, 11) is 1.51. The molecule has 106 valence electrons. The SMILES string of the molecule is COc1ccc(C(N)CO)nc1-c1ccc(F)c(Cl)c1. The molecule has 1 atom stereocenters. The van der Waals surface area contributed by atoms with Crippen molar-refractivity contribution >= 4 is 11.6 Å². The Hall–Kier alpha value is -1.69. The zero-order chi connectivity index (χ0) is 14.7. The van der Waals surface area contributed by atoms with Crippen molar-refractivity contribution in [1.82, 2.24) is 4.98 Å². The largest absolute Gasteiger partial charge is 0.494 e. The highest BCUT2D eigenvalue weighted by Gasteiger charge is 2.14. The van der Waals surface area contributed by atoms with E-state index < -0.39 is 11.9 Å². The van der Waals surface area contributed by atoms with Crippen LogP contribution in [0, 0.1) is 5.82 Å². The normalized spacial score (nSPS) is 12.2. The van der Waals surface area contributed by atoms with Crippen molar-refractivity contribution < 1.29 is 14.2 Å². The minimum Gasteiger partial charge on any atom is -0.494 e. The van der Waals surface area contributed by atoms with Gasteiger partial charge < -0.3 is 15.6 Å². The fraction of sp³-hybridized carbons (Fsp3) is 0.214. The van der Waals surface area contributed by atoms with Gasteiger partial charge in [-0.1, -0.05) is 11.6 Å². The molecule has 20 heavy (non-hydrogen) atoms. The first-order chi connectivity index (χ1) is 9.56. The molecule has 0 spiro atoms. The molecule has 0 amide bonds. The van der Waals surface area contributed by atoms with Crippen LogP contribution in [-0.4, -0.2) is 23.8 Å². The molecule has 0 bridgehead atoms. The summed E-state index contributed by atoms with van der Waals surface area (Å²) in [5, 5.41) is 9.09. The van der Waals surface area contributed by atoms with Gasteiger partial charge in [0, 0.05) is 5.56 Å². The first kappa shape index (κ1) is 14.7. The highest BCUT2D eigenvalue weighted by molar-refractivity contribution is 6.31. The predicted molar refractivity (Wildman–Crippen MR) is 75.2 cm³/mol. The molecule has 0 radical (unpaired) electrons. The number of benzene rings is 1. The van der Waals surface area contributed by atoms with E-state index in [1.54, 1.807) is 18.2 Å². The van der Waals surface area contributed by atoms with Crippen LogP contribution in [0.3, 0.4) is 0 Å². The predicted octanol–water partition coefficient (Wildman–Crippen LogP) is 2.54. The summed E-state index contributed by atoms with van der Waals surface area (Å²) in [4.78, 5) is 4.36. The third-order valence-corrected chi connectivity index (χ3v) is 3.16. The average Bonchev–Trinajstić information content (AvgIpc) is 2.48. The summed E-state index contributed by atoms with van der Waals surface area (Å²) >= 11 is 5.78. The van der Waals surface area contributed by atoms with Crippen LogP contribution in [0.5, 0.6) is 5.75 Å². The Morgan fingerprint density at radius 3 is 2.75 bits per heavy atom. The van der Waals surface area contributed by atoms with Gasteiger partial charge in [0.1, 0.15) is 17.3 Å². The molecule has 2 aromatic rings. The number of halogens is 2. The molecule has 1 heterocycles. The second kappa shape index (κ2) is 6.17. The molecular weight excluding hydrogens is 283 g/mol. The van der Waals surface area contributed by atoms with E-state index in [4.69, 9.17) is 27.2 Å². The molecule has 4 nitrogen and oxygen atoms in total. The summed E-state index contributed by atoms with van der Waals surface area (Å²) in [6, 6.07) is 7.07. The second-order valence-electron chi connectivity index (χ2n) is 4.20. The van der Waals surface area contributed by atoms with E-state index >= 15 is 0 Å². The number of methoxy groups -OCH3 is 1. The minimum absolute atomic E-state index is 0.00297. The lowest BCUT2D eigenvalue weighted by Crippen LogP contribution is -2.16. The van der Waals surface area contributed by atoms with Gasteiger partial charge >= 0.3 is 0 Å². The molecule has 6 heteroatoms. The van der Waals surface area contributed by atoms with E-state index in [1.807, 2.05) is 0 Å². The Labute approximate surface area is 121 Å². The molecule has 0 aliphatic rings. The first-order valence-corrected chi connectivity index (χ1v) is 6.31. The minimum atomic E-state index is -0.587. The molecule has 0 aliphatic carbocycles. The van der Waals surface area contributed by atoms with Crippen molar-refractivity contribution in [1.29, 1.82) is 0 Å². The van der Waals surface area contributed by atoms with Crippen LogP contribution < -0.4 is 10.5 Å². The smallest absolute Gasteiger partial charge is 0.145 e. The van der Waals surface area contributed by atoms with Crippen molar-refractivity contribution in [2.45, 2.75) is 6.04 Å².